The molecule has 0 aliphatic heterocycles. The lowest BCUT2D eigenvalue weighted by molar-refractivity contribution is -0.116. The number of anilines is 1. The first-order valence-corrected chi connectivity index (χ1v) is 11.1. The summed E-state index contributed by atoms with van der Waals surface area (Å²) in [6.45, 7) is -0.132. The predicted molar refractivity (Wildman–Crippen MR) is 132 cm³/mol. The number of aryl methyl sites for hydroxylation is 1. The van der Waals surface area contributed by atoms with Gasteiger partial charge in [-0.1, -0.05) is 35.9 Å². The van der Waals surface area contributed by atoms with Gasteiger partial charge in [-0.3, -0.25) is 18.7 Å². The van der Waals surface area contributed by atoms with Gasteiger partial charge in [-0.2, -0.15) is 0 Å². The number of fused-ring (bicyclic) bond motifs is 2. The highest BCUT2D eigenvalue weighted by molar-refractivity contribution is 6.30. The zero-order valence-electron chi connectivity index (χ0n) is 18.0. The Labute approximate surface area is 198 Å². The number of H-pyrrole nitrogens is 1. The number of hydrogen-bond acceptors (Lipinski definition) is 4. The second kappa shape index (κ2) is 8.99. The van der Waals surface area contributed by atoms with E-state index in [1.54, 1.807) is 36.4 Å². The zero-order chi connectivity index (χ0) is 23.7. The molecule has 0 saturated heterocycles. The first-order chi connectivity index (χ1) is 16.5. The molecule has 0 radical (unpaired) electrons. The van der Waals surface area contributed by atoms with Crippen molar-refractivity contribution in [3.8, 4) is 0 Å². The summed E-state index contributed by atoms with van der Waals surface area (Å²) < 4.78 is 2.39. The van der Waals surface area contributed by atoms with Crippen molar-refractivity contribution in [2.24, 2.45) is 0 Å². The second-order valence-electron chi connectivity index (χ2n) is 7.87. The fourth-order valence-electron chi connectivity index (χ4n) is 4.07. The number of carbonyl (C=O) groups excluding carboxylic acids is 1. The maximum absolute atomic E-state index is 13.3. The molecule has 3 heterocycles. The minimum atomic E-state index is -0.586. The van der Waals surface area contributed by atoms with E-state index in [4.69, 9.17) is 11.6 Å². The van der Waals surface area contributed by atoms with Crippen molar-refractivity contribution in [2.45, 2.75) is 19.5 Å². The van der Waals surface area contributed by atoms with Gasteiger partial charge >= 0.3 is 5.69 Å². The Morgan fingerprint density at radius 1 is 1.00 bits per heavy atom. The highest BCUT2D eigenvalue weighted by Gasteiger charge is 2.17. The fraction of sp³-hybridized carbons (Fsp3) is 0.120. The molecular weight excluding hydrogens is 454 g/mol. The molecule has 1 amide bonds. The van der Waals surface area contributed by atoms with Crippen LogP contribution >= 0.6 is 11.6 Å². The summed E-state index contributed by atoms with van der Waals surface area (Å²) in [4.78, 5) is 46.6. The SMILES string of the molecule is O=C(Cn1c(=O)n(CCc2c[nH]c3ccccc23)c(=O)c2cccnc21)Nc1cccc(Cl)c1. The van der Waals surface area contributed by atoms with Crippen molar-refractivity contribution < 1.29 is 4.79 Å². The number of amides is 1. The lowest BCUT2D eigenvalue weighted by Crippen LogP contribution is -2.42. The standard InChI is InChI=1S/C25H20ClN5O3/c26-17-5-3-6-18(13-17)29-22(32)15-31-23-20(8-4-11-27-23)24(33)30(25(31)34)12-10-16-14-28-21-9-2-1-7-19(16)21/h1-9,11,13-14,28H,10,12,15H2,(H,29,32). The van der Waals surface area contributed by atoms with Crippen LogP contribution in [0.2, 0.25) is 5.02 Å². The van der Waals surface area contributed by atoms with E-state index >= 15 is 0 Å². The number of aromatic amines is 1. The lowest BCUT2D eigenvalue weighted by Gasteiger charge is -2.13. The van der Waals surface area contributed by atoms with E-state index in [0.717, 1.165) is 16.5 Å². The van der Waals surface area contributed by atoms with E-state index in [1.165, 1.54) is 15.3 Å². The van der Waals surface area contributed by atoms with E-state index in [-0.39, 0.29) is 24.1 Å². The van der Waals surface area contributed by atoms with Crippen LogP contribution < -0.4 is 16.6 Å². The van der Waals surface area contributed by atoms with E-state index in [9.17, 15) is 14.4 Å². The molecule has 0 atom stereocenters. The van der Waals surface area contributed by atoms with Gasteiger partial charge in [0.2, 0.25) is 5.91 Å². The van der Waals surface area contributed by atoms with Crippen molar-refractivity contribution in [1.82, 2.24) is 19.1 Å². The van der Waals surface area contributed by atoms with Gasteiger partial charge in [-0.25, -0.2) is 9.78 Å². The summed E-state index contributed by atoms with van der Waals surface area (Å²) in [5.41, 5.74) is 1.65. The summed E-state index contributed by atoms with van der Waals surface area (Å²) >= 11 is 5.99. The molecule has 2 N–H and O–H groups in total. The Bertz CT molecular complexity index is 1650. The summed E-state index contributed by atoms with van der Waals surface area (Å²) in [6, 6.07) is 17.8. The number of pyridine rings is 1. The van der Waals surface area contributed by atoms with Gasteiger partial charge in [0.25, 0.3) is 5.56 Å². The molecule has 0 aliphatic carbocycles. The Hall–Kier alpha value is -4.17. The Morgan fingerprint density at radius 3 is 2.68 bits per heavy atom. The predicted octanol–water partition coefficient (Wildman–Crippen LogP) is 3.57. The molecule has 8 nitrogen and oxygen atoms in total. The van der Waals surface area contributed by atoms with E-state index in [1.807, 2.05) is 30.5 Å². The summed E-state index contributed by atoms with van der Waals surface area (Å²) in [5, 5.41) is 4.52. The van der Waals surface area contributed by atoms with Crippen LogP contribution in [0.1, 0.15) is 5.56 Å². The van der Waals surface area contributed by atoms with Crippen LogP contribution in [0.5, 0.6) is 0 Å². The molecule has 170 valence electrons. The molecule has 0 bridgehead atoms. The van der Waals surface area contributed by atoms with Crippen LogP contribution in [-0.2, 0) is 24.3 Å². The van der Waals surface area contributed by atoms with Gasteiger partial charge < -0.3 is 10.3 Å². The van der Waals surface area contributed by atoms with Crippen molar-refractivity contribution in [3.05, 3.63) is 104 Å². The van der Waals surface area contributed by atoms with Crippen molar-refractivity contribution >= 4 is 45.1 Å². The number of nitrogens with zero attached hydrogens (tertiary/aromatic N) is 3. The maximum Gasteiger partial charge on any atom is 0.333 e. The van der Waals surface area contributed by atoms with Gasteiger partial charge in [-0.15, -0.1) is 0 Å². The topological polar surface area (TPSA) is 102 Å². The largest absolute Gasteiger partial charge is 0.361 e. The molecular formula is C25H20ClN5O3. The summed E-state index contributed by atoms with van der Waals surface area (Å²) in [6.07, 6.45) is 3.85. The second-order valence-corrected chi connectivity index (χ2v) is 8.30. The molecule has 0 unspecified atom stereocenters. The van der Waals surface area contributed by atoms with E-state index in [0.29, 0.717) is 17.1 Å². The van der Waals surface area contributed by atoms with Crippen LogP contribution in [0.25, 0.3) is 21.9 Å². The first kappa shape index (κ1) is 21.7. The van der Waals surface area contributed by atoms with Crippen LogP contribution in [0.4, 0.5) is 5.69 Å². The monoisotopic (exact) mass is 473 g/mol. The molecule has 0 aliphatic rings. The normalized spacial score (nSPS) is 11.2. The van der Waals surface area contributed by atoms with Gasteiger partial charge in [0.1, 0.15) is 12.2 Å². The van der Waals surface area contributed by atoms with Crippen molar-refractivity contribution in [2.75, 3.05) is 5.32 Å². The summed E-state index contributed by atoms with van der Waals surface area (Å²) in [7, 11) is 0. The Balaban J connectivity index is 1.49. The molecule has 0 spiro atoms. The van der Waals surface area contributed by atoms with Gasteiger partial charge in [0.15, 0.2) is 0 Å². The number of rotatable bonds is 6. The van der Waals surface area contributed by atoms with Gasteiger partial charge in [-0.05, 0) is 48.4 Å². The maximum atomic E-state index is 13.3. The number of nitrogens with one attached hydrogen (secondary N) is 2. The average molecular weight is 474 g/mol. The third-order valence-electron chi connectivity index (χ3n) is 5.67. The van der Waals surface area contributed by atoms with Crippen molar-refractivity contribution in [1.29, 1.82) is 0 Å². The van der Waals surface area contributed by atoms with Crippen LogP contribution in [0.15, 0.2) is 82.6 Å². The lowest BCUT2D eigenvalue weighted by atomic mass is 10.1. The smallest absolute Gasteiger partial charge is 0.333 e. The highest BCUT2D eigenvalue weighted by atomic mass is 35.5. The van der Waals surface area contributed by atoms with Crippen LogP contribution in [0, 0.1) is 0 Å². The Kier molecular flexibility index (Phi) is 5.73. The van der Waals surface area contributed by atoms with Crippen LogP contribution in [-0.4, -0.2) is 25.0 Å². The molecule has 2 aromatic carbocycles. The number of aromatic nitrogens is 4. The number of hydrogen-bond donors (Lipinski definition) is 2. The average Bonchev–Trinajstić information content (AvgIpc) is 3.25. The summed E-state index contributed by atoms with van der Waals surface area (Å²) in [5.74, 6) is -0.432. The Morgan fingerprint density at radius 2 is 1.82 bits per heavy atom. The van der Waals surface area contributed by atoms with Crippen molar-refractivity contribution in [3.63, 3.8) is 0 Å². The third-order valence-corrected chi connectivity index (χ3v) is 5.90. The molecule has 9 heteroatoms. The molecule has 3 aromatic heterocycles. The van der Waals surface area contributed by atoms with Gasteiger partial charge in [0.05, 0.1) is 5.39 Å². The number of carbonyl (C=O) groups is 1. The van der Waals surface area contributed by atoms with Crippen LogP contribution in [0.3, 0.4) is 0 Å². The number of halogens is 1. The third kappa shape index (κ3) is 4.11. The van der Waals surface area contributed by atoms with E-state index < -0.39 is 17.2 Å². The zero-order valence-corrected chi connectivity index (χ0v) is 18.7. The molecule has 0 saturated carbocycles. The first-order valence-electron chi connectivity index (χ1n) is 10.7. The molecule has 5 rings (SSSR count). The fourth-order valence-corrected chi connectivity index (χ4v) is 4.26. The van der Waals surface area contributed by atoms with Gasteiger partial charge in [0, 0.05) is 40.6 Å². The quantitative estimate of drug-likeness (QED) is 0.393. The molecule has 34 heavy (non-hydrogen) atoms. The van der Waals surface area contributed by atoms with E-state index in [2.05, 4.69) is 15.3 Å². The highest BCUT2D eigenvalue weighted by Crippen LogP contribution is 2.18. The number of para-hydroxylation sites is 1. The molecule has 5 aromatic rings. The molecule has 0 fully saturated rings. The minimum Gasteiger partial charge on any atom is -0.361 e. The minimum absolute atomic E-state index is 0.167. The number of benzene rings is 2.